The minimum Gasteiger partial charge on any atom is -0.495 e. The molecule has 3 rings (SSSR count). The minimum atomic E-state index is 0.747. The number of hydrogen-bond acceptors (Lipinski definition) is 4. The smallest absolute Gasteiger partial charge is 0.142 e. The number of ether oxygens (including phenoxy) is 1. The zero-order chi connectivity index (χ0) is 16.9. The molecule has 4 nitrogen and oxygen atoms in total. The number of methoxy groups -OCH3 is 1. The van der Waals surface area contributed by atoms with E-state index in [1.54, 1.807) is 7.11 Å². The highest BCUT2D eigenvalue weighted by atomic mass is 35.5. The Balaban J connectivity index is 1.64. The molecule has 0 atom stereocenters. The van der Waals surface area contributed by atoms with Crippen molar-refractivity contribution < 1.29 is 4.74 Å². The van der Waals surface area contributed by atoms with Crippen LogP contribution in [0.15, 0.2) is 53.6 Å². The SMILES string of the molecule is COc1ccccc1N1CCN(/N=C(\C)c2ccc(Cl)cc2)CC1. The van der Waals surface area contributed by atoms with E-state index in [-0.39, 0.29) is 0 Å². The molecule has 0 amide bonds. The summed E-state index contributed by atoms with van der Waals surface area (Å²) < 4.78 is 5.46. The third kappa shape index (κ3) is 3.82. The molecule has 0 unspecified atom stereocenters. The average molecular weight is 344 g/mol. The van der Waals surface area contributed by atoms with Gasteiger partial charge in [-0.25, -0.2) is 0 Å². The van der Waals surface area contributed by atoms with Crippen molar-refractivity contribution in [3.05, 3.63) is 59.1 Å². The Hall–Kier alpha value is -2.20. The predicted octanol–water partition coefficient (Wildman–Crippen LogP) is 3.89. The lowest BCUT2D eigenvalue weighted by atomic mass is 10.1. The Labute approximate surface area is 148 Å². The molecule has 2 aromatic rings. The number of nitrogens with zero attached hydrogens (tertiary/aromatic N) is 3. The van der Waals surface area contributed by atoms with Gasteiger partial charge in [0.05, 0.1) is 31.6 Å². The maximum absolute atomic E-state index is 5.94. The zero-order valence-electron chi connectivity index (χ0n) is 14.1. The number of hydrogen-bond donors (Lipinski definition) is 0. The van der Waals surface area contributed by atoms with Crippen LogP contribution in [-0.4, -0.2) is 44.0 Å². The lowest BCUT2D eigenvalue weighted by molar-refractivity contribution is 0.269. The van der Waals surface area contributed by atoms with Crippen LogP contribution in [0.1, 0.15) is 12.5 Å². The Kier molecular flexibility index (Phi) is 5.26. The summed E-state index contributed by atoms with van der Waals surface area (Å²) in [5.41, 5.74) is 3.27. The summed E-state index contributed by atoms with van der Waals surface area (Å²) in [6, 6.07) is 16.0. The first-order chi connectivity index (χ1) is 11.7. The van der Waals surface area contributed by atoms with E-state index >= 15 is 0 Å². The summed E-state index contributed by atoms with van der Waals surface area (Å²) in [6.45, 7) is 5.68. The highest BCUT2D eigenvalue weighted by Gasteiger charge is 2.18. The van der Waals surface area contributed by atoms with Crippen molar-refractivity contribution in [1.82, 2.24) is 5.01 Å². The first-order valence-electron chi connectivity index (χ1n) is 8.11. The standard InChI is InChI=1S/C19H22ClN3O/c1-15(16-7-9-17(20)10-8-16)21-23-13-11-22(12-14-23)18-5-3-4-6-19(18)24-2/h3-10H,11-14H2,1-2H3/b21-15+. The van der Waals surface area contributed by atoms with Crippen LogP contribution in [0.25, 0.3) is 0 Å². The van der Waals surface area contributed by atoms with Crippen LogP contribution in [0.5, 0.6) is 5.75 Å². The van der Waals surface area contributed by atoms with Crippen LogP contribution in [0.2, 0.25) is 5.02 Å². The second kappa shape index (κ2) is 7.58. The molecule has 0 aliphatic carbocycles. The molecule has 5 heteroatoms. The molecule has 0 spiro atoms. The summed E-state index contributed by atoms with van der Waals surface area (Å²) in [5, 5.41) is 7.64. The van der Waals surface area contributed by atoms with Crippen LogP contribution in [0, 0.1) is 0 Å². The van der Waals surface area contributed by atoms with E-state index in [2.05, 4.69) is 16.0 Å². The molecule has 0 aromatic heterocycles. The number of benzene rings is 2. The van der Waals surface area contributed by atoms with Crippen molar-refractivity contribution in [2.24, 2.45) is 5.10 Å². The summed E-state index contributed by atoms with van der Waals surface area (Å²) in [7, 11) is 1.72. The van der Waals surface area contributed by atoms with E-state index in [9.17, 15) is 0 Å². The van der Waals surface area contributed by atoms with E-state index in [0.29, 0.717) is 0 Å². The van der Waals surface area contributed by atoms with E-state index in [1.165, 1.54) is 0 Å². The number of anilines is 1. The highest BCUT2D eigenvalue weighted by molar-refractivity contribution is 6.30. The quantitative estimate of drug-likeness (QED) is 0.788. The molecular formula is C19H22ClN3O. The fourth-order valence-electron chi connectivity index (χ4n) is 2.89. The van der Waals surface area contributed by atoms with E-state index in [4.69, 9.17) is 21.4 Å². The molecule has 2 aromatic carbocycles. The van der Waals surface area contributed by atoms with Gasteiger partial charge in [-0.15, -0.1) is 0 Å². The van der Waals surface area contributed by atoms with Gasteiger partial charge in [-0.05, 0) is 36.8 Å². The second-order valence-corrected chi connectivity index (χ2v) is 6.24. The minimum absolute atomic E-state index is 0.747. The van der Waals surface area contributed by atoms with Crippen LogP contribution in [0.4, 0.5) is 5.69 Å². The average Bonchev–Trinajstić information content (AvgIpc) is 2.63. The predicted molar refractivity (Wildman–Crippen MR) is 100 cm³/mol. The zero-order valence-corrected chi connectivity index (χ0v) is 14.8. The Bertz CT molecular complexity index is 707. The van der Waals surface area contributed by atoms with Gasteiger partial charge in [0.25, 0.3) is 0 Å². The van der Waals surface area contributed by atoms with Gasteiger partial charge in [0, 0.05) is 18.1 Å². The van der Waals surface area contributed by atoms with Gasteiger partial charge in [-0.2, -0.15) is 5.10 Å². The van der Waals surface area contributed by atoms with Crippen molar-refractivity contribution in [2.45, 2.75) is 6.92 Å². The normalized spacial score (nSPS) is 15.5. The van der Waals surface area contributed by atoms with Crippen molar-refractivity contribution in [2.75, 3.05) is 38.2 Å². The number of hydrazone groups is 1. The first kappa shape index (κ1) is 16.7. The Morgan fingerprint density at radius 3 is 2.33 bits per heavy atom. The second-order valence-electron chi connectivity index (χ2n) is 5.80. The van der Waals surface area contributed by atoms with Gasteiger partial charge >= 0.3 is 0 Å². The van der Waals surface area contributed by atoms with Crippen molar-refractivity contribution >= 4 is 23.0 Å². The van der Waals surface area contributed by atoms with Gasteiger partial charge in [0.2, 0.25) is 0 Å². The third-order valence-corrected chi connectivity index (χ3v) is 4.49. The van der Waals surface area contributed by atoms with Crippen LogP contribution in [0.3, 0.4) is 0 Å². The van der Waals surface area contributed by atoms with Crippen LogP contribution in [-0.2, 0) is 0 Å². The topological polar surface area (TPSA) is 28.1 Å². The fraction of sp³-hybridized carbons (Fsp3) is 0.316. The van der Waals surface area contributed by atoms with Gasteiger partial charge < -0.3 is 9.64 Å². The summed E-state index contributed by atoms with van der Waals surface area (Å²) in [6.07, 6.45) is 0. The molecule has 0 saturated carbocycles. The third-order valence-electron chi connectivity index (χ3n) is 4.24. The molecule has 1 aliphatic rings. The first-order valence-corrected chi connectivity index (χ1v) is 8.49. The Morgan fingerprint density at radius 2 is 1.67 bits per heavy atom. The molecule has 1 heterocycles. The molecule has 126 valence electrons. The lowest BCUT2D eigenvalue weighted by Gasteiger charge is -2.35. The van der Waals surface area contributed by atoms with Crippen molar-refractivity contribution in [3.8, 4) is 5.75 Å². The molecule has 1 saturated heterocycles. The van der Waals surface area contributed by atoms with E-state index in [1.807, 2.05) is 49.4 Å². The molecule has 1 aliphatic heterocycles. The molecule has 24 heavy (non-hydrogen) atoms. The fourth-order valence-corrected chi connectivity index (χ4v) is 3.01. The van der Waals surface area contributed by atoms with Crippen LogP contribution >= 0.6 is 11.6 Å². The Morgan fingerprint density at radius 1 is 1.00 bits per heavy atom. The maximum atomic E-state index is 5.94. The molecule has 0 bridgehead atoms. The van der Waals surface area contributed by atoms with E-state index in [0.717, 1.165) is 53.9 Å². The summed E-state index contributed by atoms with van der Waals surface area (Å²) >= 11 is 5.94. The van der Waals surface area contributed by atoms with Crippen molar-refractivity contribution in [3.63, 3.8) is 0 Å². The monoisotopic (exact) mass is 343 g/mol. The van der Waals surface area contributed by atoms with Gasteiger partial charge in [0.1, 0.15) is 5.75 Å². The van der Waals surface area contributed by atoms with Gasteiger partial charge in [-0.3, -0.25) is 5.01 Å². The molecule has 1 fully saturated rings. The molecule has 0 N–H and O–H groups in total. The molecular weight excluding hydrogens is 322 g/mol. The summed E-state index contributed by atoms with van der Waals surface area (Å²) in [4.78, 5) is 2.35. The number of piperazine rings is 1. The van der Waals surface area contributed by atoms with Gasteiger partial charge in [0.15, 0.2) is 0 Å². The number of para-hydroxylation sites is 2. The van der Waals surface area contributed by atoms with Gasteiger partial charge in [-0.1, -0.05) is 35.9 Å². The molecule has 0 radical (unpaired) electrons. The maximum Gasteiger partial charge on any atom is 0.142 e. The highest BCUT2D eigenvalue weighted by Crippen LogP contribution is 2.28. The van der Waals surface area contributed by atoms with Crippen LogP contribution < -0.4 is 9.64 Å². The van der Waals surface area contributed by atoms with Crippen molar-refractivity contribution in [1.29, 1.82) is 0 Å². The largest absolute Gasteiger partial charge is 0.495 e. The lowest BCUT2D eigenvalue weighted by Crippen LogP contribution is -2.44. The summed E-state index contributed by atoms with van der Waals surface area (Å²) in [5.74, 6) is 0.923. The number of rotatable bonds is 4. The van der Waals surface area contributed by atoms with E-state index < -0.39 is 0 Å². The number of halogens is 1.